The van der Waals surface area contributed by atoms with Crippen molar-refractivity contribution >= 4 is 87.2 Å². The van der Waals surface area contributed by atoms with Crippen LogP contribution in [0.1, 0.15) is 25.0 Å². The quantitative estimate of drug-likeness (QED) is 0.175. The van der Waals surface area contributed by atoms with Gasteiger partial charge >= 0.3 is 0 Å². The van der Waals surface area contributed by atoms with Crippen LogP contribution in [-0.2, 0) is 5.41 Å². The fraction of sp³-hybridized carbons (Fsp3) is 0.0566. The van der Waals surface area contributed by atoms with Gasteiger partial charge in [-0.3, -0.25) is 0 Å². The largest absolute Gasteiger partial charge is 0.453 e. The van der Waals surface area contributed by atoms with Crippen LogP contribution in [0, 0.1) is 0 Å². The minimum Gasteiger partial charge on any atom is -0.453 e. The monoisotopic (exact) mass is 762 g/mol. The molecule has 5 heteroatoms. The molecule has 3 heterocycles. The Hall–Kier alpha value is -7.08. The first-order chi connectivity index (χ1) is 28.5. The fourth-order valence-corrected chi connectivity index (χ4v) is 10.9. The smallest absolute Gasteiger partial charge is 0.151 e. The van der Waals surface area contributed by atoms with Crippen molar-refractivity contribution in [2.24, 2.45) is 0 Å². The standard InChI is InChI=1S/C53H34N2O2S/c1-53(2)41-27-33-23-35(54-43-11-3-7-15-47(43)56-48-16-8-4-12-44(48)54)21-19-31(33)25-37(41)38-29-40-39-26-32-20-22-36(24-34(32)28-51(39)58-52(40)30-42(38)53)55-45-13-5-9-17-49(45)57-50-18-10-6-14-46(50)55/h3-30H,1-2H3. The van der Waals surface area contributed by atoms with Crippen molar-refractivity contribution in [1.29, 1.82) is 0 Å². The molecule has 2 aliphatic heterocycles. The topological polar surface area (TPSA) is 24.9 Å². The van der Waals surface area contributed by atoms with Crippen LogP contribution in [0.15, 0.2) is 170 Å². The van der Waals surface area contributed by atoms with Crippen molar-refractivity contribution < 1.29 is 9.47 Å². The zero-order valence-electron chi connectivity index (χ0n) is 31.8. The highest BCUT2D eigenvalue weighted by Gasteiger charge is 2.37. The van der Waals surface area contributed by atoms with Crippen molar-refractivity contribution in [2.45, 2.75) is 19.3 Å². The molecule has 274 valence electrons. The molecule has 10 aromatic rings. The Kier molecular flexibility index (Phi) is 6.36. The Morgan fingerprint density at radius 3 is 1.38 bits per heavy atom. The summed E-state index contributed by atoms with van der Waals surface area (Å²) in [6.07, 6.45) is 0. The lowest BCUT2D eigenvalue weighted by Gasteiger charge is -2.33. The van der Waals surface area contributed by atoms with E-state index in [1.165, 1.54) is 64.0 Å². The average molecular weight is 763 g/mol. The van der Waals surface area contributed by atoms with Crippen LogP contribution >= 0.6 is 11.3 Å². The van der Waals surface area contributed by atoms with Crippen molar-refractivity contribution in [3.05, 3.63) is 181 Å². The highest BCUT2D eigenvalue weighted by Crippen LogP contribution is 2.55. The van der Waals surface area contributed by atoms with E-state index in [0.29, 0.717) is 0 Å². The van der Waals surface area contributed by atoms with Crippen LogP contribution < -0.4 is 19.3 Å². The first-order valence-corrected chi connectivity index (χ1v) is 20.6. The highest BCUT2D eigenvalue weighted by atomic mass is 32.1. The molecule has 0 fully saturated rings. The lowest BCUT2D eigenvalue weighted by Crippen LogP contribution is -2.16. The van der Waals surface area contributed by atoms with Crippen LogP contribution in [0.4, 0.5) is 34.1 Å². The van der Waals surface area contributed by atoms with Gasteiger partial charge in [-0.2, -0.15) is 0 Å². The molecule has 3 aliphatic rings. The molecule has 0 amide bonds. The number of hydrogen-bond acceptors (Lipinski definition) is 5. The molecule has 0 atom stereocenters. The third kappa shape index (κ3) is 4.45. The van der Waals surface area contributed by atoms with Gasteiger partial charge in [-0.1, -0.05) is 74.5 Å². The van der Waals surface area contributed by atoms with Crippen molar-refractivity contribution in [2.75, 3.05) is 9.80 Å². The van der Waals surface area contributed by atoms with Gasteiger partial charge in [0.15, 0.2) is 23.0 Å². The number of rotatable bonds is 2. The molecule has 0 radical (unpaired) electrons. The Morgan fingerprint density at radius 2 is 0.828 bits per heavy atom. The highest BCUT2D eigenvalue weighted by molar-refractivity contribution is 7.25. The number of thiophene rings is 1. The van der Waals surface area contributed by atoms with Gasteiger partial charge in [-0.15, -0.1) is 11.3 Å². The Morgan fingerprint density at radius 1 is 0.397 bits per heavy atom. The molecule has 13 rings (SSSR count). The summed E-state index contributed by atoms with van der Waals surface area (Å²) in [5, 5.41) is 7.58. The number of benzene rings is 9. The maximum absolute atomic E-state index is 6.32. The summed E-state index contributed by atoms with van der Waals surface area (Å²) < 4.78 is 15.3. The third-order valence-electron chi connectivity index (χ3n) is 12.5. The van der Waals surface area contributed by atoms with Crippen LogP contribution in [-0.4, -0.2) is 0 Å². The van der Waals surface area contributed by atoms with Crippen LogP contribution in [0.5, 0.6) is 23.0 Å². The summed E-state index contributed by atoms with van der Waals surface area (Å²) in [7, 11) is 0. The molecular weight excluding hydrogens is 729 g/mol. The van der Waals surface area contributed by atoms with Crippen LogP contribution in [0.25, 0.3) is 52.8 Å². The van der Waals surface area contributed by atoms with E-state index in [2.05, 4.69) is 145 Å². The zero-order chi connectivity index (χ0) is 38.3. The van der Waals surface area contributed by atoms with E-state index in [9.17, 15) is 0 Å². The average Bonchev–Trinajstić information content (AvgIpc) is 3.71. The van der Waals surface area contributed by atoms with Gasteiger partial charge in [0.1, 0.15) is 0 Å². The number of nitrogens with zero attached hydrogens (tertiary/aromatic N) is 2. The van der Waals surface area contributed by atoms with E-state index in [1.54, 1.807) is 0 Å². The lowest BCUT2D eigenvalue weighted by atomic mass is 9.81. The molecule has 58 heavy (non-hydrogen) atoms. The van der Waals surface area contributed by atoms with Crippen LogP contribution in [0.3, 0.4) is 0 Å². The maximum atomic E-state index is 6.32. The van der Waals surface area contributed by atoms with Crippen molar-refractivity contribution in [3.63, 3.8) is 0 Å². The number of hydrogen-bond donors (Lipinski definition) is 0. The molecule has 0 saturated carbocycles. The first-order valence-electron chi connectivity index (χ1n) is 19.8. The van der Waals surface area contributed by atoms with E-state index < -0.39 is 0 Å². The minimum absolute atomic E-state index is 0.151. The second-order valence-electron chi connectivity index (χ2n) is 16.2. The maximum Gasteiger partial charge on any atom is 0.151 e. The zero-order valence-corrected chi connectivity index (χ0v) is 32.6. The van der Waals surface area contributed by atoms with Crippen molar-refractivity contribution in [1.82, 2.24) is 0 Å². The molecule has 9 aromatic carbocycles. The Bertz CT molecular complexity index is 3330. The number of ether oxygens (including phenoxy) is 2. The van der Waals surface area contributed by atoms with Gasteiger partial charge in [-0.25, -0.2) is 0 Å². The van der Waals surface area contributed by atoms with E-state index in [1.807, 2.05) is 59.9 Å². The predicted molar refractivity (Wildman–Crippen MR) is 241 cm³/mol. The fourth-order valence-electron chi connectivity index (χ4n) is 9.71. The summed E-state index contributed by atoms with van der Waals surface area (Å²) >= 11 is 1.90. The van der Waals surface area contributed by atoms with E-state index in [0.717, 1.165) is 57.1 Å². The van der Waals surface area contributed by atoms with Crippen molar-refractivity contribution in [3.8, 4) is 34.1 Å². The summed E-state index contributed by atoms with van der Waals surface area (Å²) in [4.78, 5) is 4.64. The summed E-state index contributed by atoms with van der Waals surface area (Å²) in [6, 6.07) is 61.4. The van der Waals surface area contributed by atoms with Gasteiger partial charge in [-0.05, 0) is 153 Å². The number of fused-ring (bicyclic) bond motifs is 12. The molecule has 4 nitrogen and oxygen atoms in total. The second kappa shape index (κ2) is 11.5. The Balaban J connectivity index is 0.920. The van der Waals surface area contributed by atoms with Gasteiger partial charge < -0.3 is 19.3 Å². The lowest BCUT2D eigenvalue weighted by molar-refractivity contribution is 0.477. The molecule has 1 aromatic heterocycles. The van der Waals surface area contributed by atoms with Gasteiger partial charge in [0.2, 0.25) is 0 Å². The molecule has 1 aliphatic carbocycles. The van der Waals surface area contributed by atoms with Gasteiger partial charge in [0.25, 0.3) is 0 Å². The van der Waals surface area contributed by atoms with E-state index >= 15 is 0 Å². The second-order valence-corrected chi connectivity index (χ2v) is 17.3. The summed E-state index contributed by atoms with van der Waals surface area (Å²) in [5.41, 5.74) is 11.7. The summed E-state index contributed by atoms with van der Waals surface area (Å²) in [5.74, 6) is 3.45. The third-order valence-corrected chi connectivity index (χ3v) is 13.6. The van der Waals surface area contributed by atoms with Gasteiger partial charge in [0.05, 0.1) is 22.7 Å². The summed E-state index contributed by atoms with van der Waals surface area (Å²) in [6.45, 7) is 4.78. The molecule has 0 bridgehead atoms. The Labute approximate surface area is 339 Å². The first kappa shape index (κ1) is 32.1. The van der Waals surface area contributed by atoms with Gasteiger partial charge in [0, 0.05) is 37.0 Å². The minimum atomic E-state index is -0.151. The molecule has 0 N–H and O–H groups in total. The molecule has 0 unspecified atom stereocenters. The normalized spacial score (nSPS) is 14.4. The SMILES string of the molecule is CC1(C)c2cc3cc(N4c5ccccc5Oc5ccccc54)ccc3cc2-c2cc3c(cc21)sc1cc2cc(N4c5ccccc5Oc5ccccc54)ccc2cc13. The van der Waals surface area contributed by atoms with Crippen LogP contribution in [0.2, 0.25) is 0 Å². The number of anilines is 6. The predicted octanol–water partition coefficient (Wildman–Crippen LogP) is 15.8. The number of para-hydroxylation sites is 8. The molecule has 0 saturated heterocycles. The van der Waals surface area contributed by atoms with E-state index in [-0.39, 0.29) is 5.41 Å². The molecular formula is C53H34N2O2S. The molecule has 0 spiro atoms. The van der Waals surface area contributed by atoms with E-state index in [4.69, 9.17) is 9.47 Å².